The Kier molecular flexibility index (Phi) is 3.88. The minimum atomic E-state index is -0.186. The van der Waals surface area contributed by atoms with Gasteiger partial charge in [-0.1, -0.05) is 30.3 Å². The molecule has 1 aromatic carbocycles. The van der Waals surface area contributed by atoms with Gasteiger partial charge < -0.3 is 4.74 Å². The summed E-state index contributed by atoms with van der Waals surface area (Å²) in [4.78, 5) is 27.6. The molecule has 3 saturated heterocycles. The number of fused-ring (bicyclic) bond motifs is 1. The normalized spacial score (nSPS) is 29.3. The van der Waals surface area contributed by atoms with Gasteiger partial charge in [-0.25, -0.2) is 10.0 Å². The lowest BCUT2D eigenvalue weighted by atomic mass is 10.00. The molecule has 0 spiro atoms. The molecular formula is C17H21N3O3. The SMILES string of the molecule is O=C1[C@H]2CN(Cc3ccccc3)C[C@H]2C(=O)N1N1CCOCC1. The maximum absolute atomic E-state index is 12.7. The quantitative estimate of drug-likeness (QED) is 0.754. The Morgan fingerprint density at radius 2 is 1.57 bits per heavy atom. The zero-order valence-electron chi connectivity index (χ0n) is 13.1. The number of ether oxygens (including phenoxy) is 1. The van der Waals surface area contributed by atoms with Crippen LogP contribution in [0.2, 0.25) is 0 Å². The molecule has 2 amide bonds. The van der Waals surface area contributed by atoms with Gasteiger partial charge in [0.1, 0.15) is 0 Å². The summed E-state index contributed by atoms with van der Waals surface area (Å²) in [6, 6.07) is 10.2. The van der Waals surface area contributed by atoms with Gasteiger partial charge in [-0.15, -0.1) is 0 Å². The zero-order chi connectivity index (χ0) is 15.8. The van der Waals surface area contributed by atoms with Crippen molar-refractivity contribution in [2.24, 2.45) is 11.8 Å². The lowest BCUT2D eigenvalue weighted by Crippen LogP contribution is -2.52. The average Bonchev–Trinajstić information content (AvgIpc) is 3.09. The fraction of sp³-hybridized carbons (Fsp3) is 0.529. The van der Waals surface area contributed by atoms with Crippen LogP contribution in [-0.2, 0) is 20.9 Å². The highest BCUT2D eigenvalue weighted by Gasteiger charge is 2.54. The van der Waals surface area contributed by atoms with Gasteiger partial charge in [0.15, 0.2) is 0 Å². The molecule has 3 fully saturated rings. The predicted molar refractivity (Wildman–Crippen MR) is 82.9 cm³/mol. The largest absolute Gasteiger partial charge is 0.379 e. The van der Waals surface area contributed by atoms with E-state index in [2.05, 4.69) is 17.0 Å². The van der Waals surface area contributed by atoms with E-state index in [1.165, 1.54) is 10.6 Å². The first kappa shape index (κ1) is 14.8. The average molecular weight is 315 g/mol. The van der Waals surface area contributed by atoms with Crippen LogP contribution in [0.4, 0.5) is 0 Å². The number of benzene rings is 1. The highest BCUT2D eigenvalue weighted by Crippen LogP contribution is 2.35. The molecular weight excluding hydrogens is 294 g/mol. The molecule has 1 aromatic rings. The van der Waals surface area contributed by atoms with Crippen molar-refractivity contribution in [2.75, 3.05) is 39.4 Å². The fourth-order valence-corrected chi connectivity index (χ4v) is 3.81. The first-order valence-electron chi connectivity index (χ1n) is 8.21. The van der Waals surface area contributed by atoms with Crippen molar-refractivity contribution in [3.63, 3.8) is 0 Å². The molecule has 23 heavy (non-hydrogen) atoms. The van der Waals surface area contributed by atoms with E-state index < -0.39 is 0 Å². The van der Waals surface area contributed by atoms with E-state index in [1.807, 2.05) is 23.2 Å². The maximum Gasteiger partial charge on any atom is 0.249 e. The number of amides is 2. The molecule has 3 aliphatic heterocycles. The van der Waals surface area contributed by atoms with Crippen LogP contribution in [0.3, 0.4) is 0 Å². The molecule has 0 aliphatic carbocycles. The first-order chi connectivity index (χ1) is 11.2. The third-order valence-electron chi connectivity index (χ3n) is 4.97. The van der Waals surface area contributed by atoms with Crippen LogP contribution in [0, 0.1) is 11.8 Å². The number of carbonyl (C=O) groups excluding carboxylic acids is 2. The molecule has 0 bridgehead atoms. The standard InChI is InChI=1S/C17H21N3O3/c21-16-14-11-18(10-13-4-2-1-3-5-13)12-15(14)17(22)20(16)19-6-8-23-9-7-19/h1-5,14-15H,6-12H2/t14-,15+. The van der Waals surface area contributed by atoms with E-state index in [0.29, 0.717) is 39.4 Å². The Morgan fingerprint density at radius 1 is 0.957 bits per heavy atom. The van der Waals surface area contributed by atoms with Crippen LogP contribution >= 0.6 is 0 Å². The lowest BCUT2D eigenvalue weighted by Gasteiger charge is -2.34. The van der Waals surface area contributed by atoms with Crippen LogP contribution in [0.5, 0.6) is 0 Å². The number of hydrogen-bond acceptors (Lipinski definition) is 5. The molecule has 2 atom stereocenters. The zero-order valence-corrected chi connectivity index (χ0v) is 13.1. The van der Waals surface area contributed by atoms with E-state index >= 15 is 0 Å². The monoisotopic (exact) mass is 315 g/mol. The van der Waals surface area contributed by atoms with Crippen LogP contribution in [0.15, 0.2) is 30.3 Å². The Labute approximate surface area is 135 Å². The summed E-state index contributed by atoms with van der Waals surface area (Å²) in [6.07, 6.45) is 0. The molecule has 0 saturated carbocycles. The summed E-state index contributed by atoms with van der Waals surface area (Å²) in [5.41, 5.74) is 1.22. The Hall–Kier alpha value is -1.76. The van der Waals surface area contributed by atoms with Crippen LogP contribution in [-0.4, -0.2) is 66.1 Å². The minimum Gasteiger partial charge on any atom is -0.379 e. The van der Waals surface area contributed by atoms with Gasteiger partial charge in [-0.3, -0.25) is 14.5 Å². The fourth-order valence-electron chi connectivity index (χ4n) is 3.81. The van der Waals surface area contributed by atoms with Crippen molar-refractivity contribution < 1.29 is 14.3 Å². The molecule has 6 heteroatoms. The number of nitrogens with zero attached hydrogens (tertiary/aromatic N) is 3. The molecule has 0 unspecified atom stereocenters. The number of hydrogen-bond donors (Lipinski definition) is 0. The third kappa shape index (κ3) is 2.67. The molecule has 122 valence electrons. The second kappa shape index (κ2) is 6.03. The number of likely N-dealkylation sites (tertiary alicyclic amines) is 1. The number of rotatable bonds is 3. The van der Waals surface area contributed by atoms with Crippen LogP contribution < -0.4 is 0 Å². The van der Waals surface area contributed by atoms with Gasteiger partial charge in [0.25, 0.3) is 0 Å². The smallest absolute Gasteiger partial charge is 0.249 e. The number of carbonyl (C=O) groups is 2. The third-order valence-corrected chi connectivity index (χ3v) is 4.97. The van der Waals surface area contributed by atoms with E-state index in [9.17, 15) is 9.59 Å². The molecule has 3 heterocycles. The molecule has 0 N–H and O–H groups in total. The highest BCUT2D eigenvalue weighted by atomic mass is 16.5. The Balaban J connectivity index is 1.44. The summed E-state index contributed by atoms with van der Waals surface area (Å²) >= 11 is 0. The van der Waals surface area contributed by atoms with Crippen molar-refractivity contribution in [3.8, 4) is 0 Å². The van der Waals surface area contributed by atoms with Crippen molar-refractivity contribution in [1.29, 1.82) is 0 Å². The predicted octanol–water partition coefficient (Wildman–Crippen LogP) is 0.351. The molecule has 6 nitrogen and oxygen atoms in total. The number of imide groups is 1. The molecule has 4 rings (SSSR count). The van der Waals surface area contributed by atoms with Gasteiger partial charge in [-0.05, 0) is 5.56 Å². The van der Waals surface area contributed by atoms with Gasteiger partial charge in [0.2, 0.25) is 11.8 Å². The lowest BCUT2D eigenvalue weighted by molar-refractivity contribution is -0.166. The Morgan fingerprint density at radius 3 is 2.17 bits per heavy atom. The van der Waals surface area contributed by atoms with E-state index in [-0.39, 0.29) is 23.7 Å². The van der Waals surface area contributed by atoms with Gasteiger partial charge in [0, 0.05) is 32.7 Å². The topological polar surface area (TPSA) is 53.1 Å². The van der Waals surface area contributed by atoms with Gasteiger partial charge in [0.05, 0.1) is 25.0 Å². The van der Waals surface area contributed by atoms with Crippen molar-refractivity contribution in [1.82, 2.24) is 14.9 Å². The van der Waals surface area contributed by atoms with Gasteiger partial charge in [-0.2, -0.15) is 0 Å². The van der Waals surface area contributed by atoms with Crippen LogP contribution in [0.25, 0.3) is 0 Å². The molecule has 0 aromatic heterocycles. The summed E-state index contributed by atoms with van der Waals surface area (Å²) < 4.78 is 5.31. The van der Waals surface area contributed by atoms with E-state index in [4.69, 9.17) is 4.74 Å². The van der Waals surface area contributed by atoms with Gasteiger partial charge >= 0.3 is 0 Å². The molecule has 0 radical (unpaired) electrons. The molecule has 3 aliphatic rings. The number of hydrazine groups is 1. The summed E-state index contributed by atoms with van der Waals surface area (Å²) in [5.74, 6) is -0.432. The highest BCUT2D eigenvalue weighted by molar-refractivity contribution is 6.05. The summed E-state index contributed by atoms with van der Waals surface area (Å²) in [7, 11) is 0. The summed E-state index contributed by atoms with van der Waals surface area (Å²) in [5, 5.41) is 3.26. The summed E-state index contributed by atoms with van der Waals surface area (Å²) in [6.45, 7) is 4.52. The van der Waals surface area contributed by atoms with Crippen molar-refractivity contribution in [2.45, 2.75) is 6.54 Å². The first-order valence-corrected chi connectivity index (χ1v) is 8.21. The van der Waals surface area contributed by atoms with E-state index in [0.717, 1.165) is 6.54 Å². The Bertz CT molecular complexity index is 576. The van der Waals surface area contributed by atoms with Crippen LogP contribution in [0.1, 0.15) is 5.56 Å². The van der Waals surface area contributed by atoms with Crippen molar-refractivity contribution in [3.05, 3.63) is 35.9 Å². The maximum atomic E-state index is 12.7. The van der Waals surface area contributed by atoms with E-state index in [1.54, 1.807) is 0 Å². The number of morpholine rings is 1. The minimum absolute atomic E-state index is 0.0301. The second-order valence-electron chi connectivity index (χ2n) is 6.45. The van der Waals surface area contributed by atoms with Crippen molar-refractivity contribution >= 4 is 11.8 Å². The second-order valence-corrected chi connectivity index (χ2v) is 6.45.